The molecule has 3 N–H and O–H groups in total. The molecule has 0 aliphatic heterocycles. The summed E-state index contributed by atoms with van der Waals surface area (Å²) in [5.41, 5.74) is 6.81. The van der Waals surface area contributed by atoms with Gasteiger partial charge in [-0.2, -0.15) is 4.98 Å². The average Bonchev–Trinajstić information content (AvgIpc) is 2.96. The highest BCUT2D eigenvalue weighted by Crippen LogP contribution is 2.11. The molecule has 0 atom stereocenters. The Kier molecular flexibility index (Phi) is 3.61. The Hall–Kier alpha value is -2.31. The van der Waals surface area contributed by atoms with Gasteiger partial charge in [-0.25, -0.2) is 0 Å². The molecule has 2 aromatic rings. The number of nitrogen functional groups attached to an aromatic ring is 1. The molecule has 96 valence electrons. The SMILES string of the molecule is CCCn1cc(N)cc1C(=O)NCc1ncon1. The van der Waals surface area contributed by atoms with Gasteiger partial charge in [-0.3, -0.25) is 4.79 Å². The van der Waals surface area contributed by atoms with Crippen molar-refractivity contribution in [1.29, 1.82) is 0 Å². The van der Waals surface area contributed by atoms with Crippen LogP contribution in [-0.2, 0) is 13.1 Å². The highest BCUT2D eigenvalue weighted by Gasteiger charge is 2.12. The first-order chi connectivity index (χ1) is 8.70. The van der Waals surface area contributed by atoms with Crippen LogP contribution in [0.25, 0.3) is 0 Å². The van der Waals surface area contributed by atoms with Gasteiger partial charge in [0.2, 0.25) is 6.39 Å². The van der Waals surface area contributed by atoms with Crippen LogP contribution >= 0.6 is 0 Å². The van der Waals surface area contributed by atoms with Gasteiger partial charge in [-0.1, -0.05) is 12.1 Å². The topological polar surface area (TPSA) is 99.0 Å². The normalized spacial score (nSPS) is 10.5. The van der Waals surface area contributed by atoms with Crippen molar-refractivity contribution in [3.05, 3.63) is 30.2 Å². The molecule has 0 aliphatic carbocycles. The second-order valence-electron chi connectivity index (χ2n) is 3.88. The van der Waals surface area contributed by atoms with Crippen LogP contribution in [0.1, 0.15) is 29.7 Å². The molecule has 1 amide bonds. The summed E-state index contributed by atoms with van der Waals surface area (Å²) in [6.45, 7) is 3.02. The van der Waals surface area contributed by atoms with E-state index in [-0.39, 0.29) is 12.5 Å². The van der Waals surface area contributed by atoms with E-state index in [1.807, 2.05) is 11.5 Å². The van der Waals surface area contributed by atoms with E-state index >= 15 is 0 Å². The third-order valence-corrected chi connectivity index (χ3v) is 2.43. The summed E-state index contributed by atoms with van der Waals surface area (Å²) in [5.74, 6) is 0.231. The van der Waals surface area contributed by atoms with Gasteiger partial charge in [-0.15, -0.1) is 0 Å². The van der Waals surface area contributed by atoms with Crippen molar-refractivity contribution in [1.82, 2.24) is 20.0 Å². The number of nitrogens with zero attached hydrogens (tertiary/aromatic N) is 3. The van der Waals surface area contributed by atoms with Crippen LogP contribution in [0.3, 0.4) is 0 Å². The first kappa shape index (κ1) is 12.2. The molecule has 0 saturated heterocycles. The van der Waals surface area contributed by atoms with Gasteiger partial charge in [0, 0.05) is 12.7 Å². The highest BCUT2D eigenvalue weighted by molar-refractivity contribution is 5.93. The van der Waals surface area contributed by atoms with Gasteiger partial charge >= 0.3 is 0 Å². The minimum atomic E-state index is -0.204. The maximum absolute atomic E-state index is 12.0. The van der Waals surface area contributed by atoms with Crippen LogP contribution in [0.5, 0.6) is 0 Å². The quantitative estimate of drug-likeness (QED) is 0.816. The lowest BCUT2D eigenvalue weighted by Gasteiger charge is -2.07. The average molecular weight is 249 g/mol. The van der Waals surface area contributed by atoms with Crippen molar-refractivity contribution < 1.29 is 9.32 Å². The molecule has 7 heteroatoms. The molecular weight excluding hydrogens is 234 g/mol. The molecule has 7 nitrogen and oxygen atoms in total. The third-order valence-electron chi connectivity index (χ3n) is 2.43. The molecule has 0 radical (unpaired) electrons. The zero-order valence-electron chi connectivity index (χ0n) is 10.1. The summed E-state index contributed by atoms with van der Waals surface area (Å²) < 4.78 is 6.42. The second kappa shape index (κ2) is 5.35. The fourth-order valence-corrected chi connectivity index (χ4v) is 1.67. The largest absolute Gasteiger partial charge is 0.397 e. The lowest BCUT2D eigenvalue weighted by atomic mass is 10.3. The molecule has 0 aromatic carbocycles. The van der Waals surface area contributed by atoms with Gasteiger partial charge < -0.3 is 20.1 Å². The first-order valence-electron chi connectivity index (χ1n) is 5.69. The number of aromatic nitrogens is 3. The Morgan fingerprint density at radius 3 is 3.11 bits per heavy atom. The number of nitrogens with one attached hydrogen (secondary N) is 1. The third kappa shape index (κ3) is 2.68. The molecular formula is C11H15N5O2. The van der Waals surface area contributed by atoms with E-state index < -0.39 is 0 Å². The molecule has 0 bridgehead atoms. The number of anilines is 1. The van der Waals surface area contributed by atoms with Crippen molar-refractivity contribution in [3.63, 3.8) is 0 Å². The summed E-state index contributed by atoms with van der Waals surface area (Å²) >= 11 is 0. The summed E-state index contributed by atoms with van der Waals surface area (Å²) in [7, 11) is 0. The molecule has 0 unspecified atom stereocenters. The zero-order chi connectivity index (χ0) is 13.0. The van der Waals surface area contributed by atoms with Crippen LogP contribution in [0.4, 0.5) is 5.69 Å². The summed E-state index contributed by atoms with van der Waals surface area (Å²) in [4.78, 5) is 15.8. The molecule has 0 spiro atoms. The van der Waals surface area contributed by atoms with Gasteiger partial charge in [-0.05, 0) is 12.5 Å². The standard InChI is InChI=1S/C11H15N5O2/c1-2-3-16-6-8(12)4-9(16)11(17)13-5-10-14-7-18-15-10/h4,6-7H,2-3,5,12H2,1H3,(H,13,17). The van der Waals surface area contributed by atoms with Crippen LogP contribution in [0, 0.1) is 0 Å². The molecule has 0 saturated carbocycles. The van der Waals surface area contributed by atoms with Crippen molar-refractivity contribution in [2.45, 2.75) is 26.4 Å². The van der Waals surface area contributed by atoms with Crippen molar-refractivity contribution in [2.75, 3.05) is 5.73 Å². The fourth-order valence-electron chi connectivity index (χ4n) is 1.67. The zero-order valence-corrected chi connectivity index (χ0v) is 10.1. The van der Waals surface area contributed by atoms with Gasteiger partial charge in [0.15, 0.2) is 5.82 Å². The molecule has 2 aromatic heterocycles. The van der Waals surface area contributed by atoms with Crippen LogP contribution in [-0.4, -0.2) is 20.6 Å². The van der Waals surface area contributed by atoms with Crippen LogP contribution in [0.2, 0.25) is 0 Å². The van der Waals surface area contributed by atoms with Gasteiger partial charge in [0.05, 0.1) is 12.2 Å². The Bertz CT molecular complexity index is 518. The van der Waals surface area contributed by atoms with Crippen molar-refractivity contribution >= 4 is 11.6 Å². The highest BCUT2D eigenvalue weighted by atomic mass is 16.5. The van der Waals surface area contributed by atoms with E-state index in [1.54, 1.807) is 12.3 Å². The van der Waals surface area contributed by atoms with Crippen LogP contribution in [0.15, 0.2) is 23.2 Å². The predicted molar refractivity (Wildman–Crippen MR) is 64.6 cm³/mol. The van der Waals surface area contributed by atoms with E-state index in [2.05, 4.69) is 20.0 Å². The van der Waals surface area contributed by atoms with E-state index in [0.717, 1.165) is 13.0 Å². The van der Waals surface area contributed by atoms with Gasteiger partial charge in [0.1, 0.15) is 5.69 Å². The molecule has 2 rings (SSSR count). The number of hydrogen-bond acceptors (Lipinski definition) is 5. The summed E-state index contributed by atoms with van der Waals surface area (Å²) in [5, 5.41) is 6.33. The molecule has 18 heavy (non-hydrogen) atoms. The smallest absolute Gasteiger partial charge is 0.268 e. The number of hydrogen-bond donors (Lipinski definition) is 2. The van der Waals surface area contributed by atoms with E-state index in [9.17, 15) is 4.79 Å². The van der Waals surface area contributed by atoms with Gasteiger partial charge in [0.25, 0.3) is 5.91 Å². The van der Waals surface area contributed by atoms with Crippen molar-refractivity contribution in [3.8, 4) is 0 Å². The molecule has 2 heterocycles. The lowest BCUT2D eigenvalue weighted by Crippen LogP contribution is -2.25. The molecule has 0 fully saturated rings. The number of carbonyl (C=O) groups is 1. The Morgan fingerprint density at radius 2 is 2.44 bits per heavy atom. The summed E-state index contributed by atoms with van der Waals surface area (Å²) in [6, 6.07) is 1.65. The number of amides is 1. The molecule has 0 aliphatic rings. The number of rotatable bonds is 5. The maximum Gasteiger partial charge on any atom is 0.268 e. The van der Waals surface area contributed by atoms with Crippen LogP contribution < -0.4 is 11.1 Å². The van der Waals surface area contributed by atoms with Crippen molar-refractivity contribution in [2.24, 2.45) is 0 Å². The van der Waals surface area contributed by atoms with E-state index in [0.29, 0.717) is 17.2 Å². The summed E-state index contributed by atoms with van der Waals surface area (Å²) in [6.07, 6.45) is 3.91. The minimum Gasteiger partial charge on any atom is -0.397 e. The minimum absolute atomic E-state index is 0.204. The number of nitrogens with two attached hydrogens (primary N) is 1. The number of carbonyl (C=O) groups excluding carboxylic acids is 1. The van der Waals surface area contributed by atoms with E-state index in [1.165, 1.54) is 6.39 Å². The maximum atomic E-state index is 12.0. The fraction of sp³-hybridized carbons (Fsp3) is 0.364. The number of aryl methyl sites for hydroxylation is 1. The predicted octanol–water partition coefficient (Wildman–Crippen LogP) is 0.793. The van der Waals surface area contributed by atoms with E-state index in [4.69, 9.17) is 5.73 Å². The second-order valence-corrected chi connectivity index (χ2v) is 3.88. The lowest BCUT2D eigenvalue weighted by molar-refractivity contribution is 0.0940. The first-order valence-corrected chi connectivity index (χ1v) is 5.69. The Morgan fingerprint density at radius 1 is 1.61 bits per heavy atom. The monoisotopic (exact) mass is 249 g/mol. The Labute approximate surface area is 104 Å². The Balaban J connectivity index is 2.03.